The number of rotatable bonds is 7. The molecule has 0 spiro atoms. The summed E-state index contributed by atoms with van der Waals surface area (Å²) in [5, 5.41) is 1.09. The van der Waals surface area contributed by atoms with E-state index in [2.05, 4.69) is 0 Å². The topological polar surface area (TPSA) is 64.8 Å². The first kappa shape index (κ1) is 20.4. The average Bonchev–Trinajstić information content (AvgIpc) is 2.65. The molecule has 0 aromatic heterocycles. The minimum Gasteiger partial charge on any atom is -0.493 e. The van der Waals surface area contributed by atoms with Crippen LogP contribution >= 0.6 is 23.2 Å². The van der Waals surface area contributed by atoms with Gasteiger partial charge in [-0.05, 0) is 37.3 Å². The van der Waals surface area contributed by atoms with Crippen molar-refractivity contribution in [1.82, 2.24) is 4.90 Å². The monoisotopic (exact) mass is 396 g/mol. The Balaban J connectivity index is 2.16. The molecule has 140 valence electrons. The van der Waals surface area contributed by atoms with Gasteiger partial charge in [-0.15, -0.1) is 0 Å². The lowest BCUT2D eigenvalue weighted by atomic mass is 10.1. The minimum atomic E-state index is -0.131. The maximum absolute atomic E-state index is 12.5. The fourth-order valence-corrected chi connectivity index (χ4v) is 2.74. The maximum atomic E-state index is 12.5. The molecule has 2 rings (SSSR count). The Labute approximate surface area is 163 Å². The van der Waals surface area contributed by atoms with Gasteiger partial charge in [-0.3, -0.25) is 4.79 Å². The van der Waals surface area contributed by atoms with Crippen molar-refractivity contribution in [2.45, 2.75) is 19.6 Å². The molecule has 0 aliphatic heterocycles. The number of methoxy groups -OCH3 is 1. The highest BCUT2D eigenvalue weighted by Crippen LogP contribution is 2.30. The van der Waals surface area contributed by atoms with Gasteiger partial charge in [-0.25, -0.2) is 0 Å². The molecule has 0 heterocycles. The van der Waals surface area contributed by atoms with Crippen LogP contribution in [-0.4, -0.2) is 37.6 Å². The molecule has 0 aliphatic rings. The number of hydrogen-bond donors (Lipinski definition) is 1. The van der Waals surface area contributed by atoms with Gasteiger partial charge in [-0.2, -0.15) is 0 Å². The summed E-state index contributed by atoms with van der Waals surface area (Å²) in [7, 11) is 3.25. The van der Waals surface area contributed by atoms with Crippen molar-refractivity contribution in [3.8, 4) is 11.5 Å². The number of likely N-dealkylation sites (N-methyl/N-ethyl adjacent to an activating group) is 1. The Morgan fingerprint density at radius 1 is 1.19 bits per heavy atom. The van der Waals surface area contributed by atoms with Crippen molar-refractivity contribution < 1.29 is 14.3 Å². The number of nitrogens with two attached hydrogens (primary N) is 1. The van der Waals surface area contributed by atoms with Crippen LogP contribution in [0.25, 0.3) is 0 Å². The fourth-order valence-electron chi connectivity index (χ4n) is 2.28. The Morgan fingerprint density at radius 3 is 2.54 bits per heavy atom. The van der Waals surface area contributed by atoms with Crippen LogP contribution in [0.15, 0.2) is 36.4 Å². The van der Waals surface area contributed by atoms with Crippen LogP contribution in [0, 0.1) is 0 Å². The zero-order valence-electron chi connectivity index (χ0n) is 15.0. The van der Waals surface area contributed by atoms with Gasteiger partial charge in [0.2, 0.25) is 0 Å². The van der Waals surface area contributed by atoms with E-state index in [-0.39, 0.29) is 18.6 Å². The lowest BCUT2D eigenvalue weighted by Gasteiger charge is -2.24. The van der Waals surface area contributed by atoms with Crippen molar-refractivity contribution in [3.63, 3.8) is 0 Å². The molecule has 5 nitrogen and oxygen atoms in total. The standard InChI is InChI=1S/C19H22Cl2N2O3/c1-12(10-22)23(2)19(24)13-5-7-17(18(8-13)25-3)26-11-14-4-6-15(20)9-16(14)21/h4-9,12H,10-11,22H2,1-3H3. The highest BCUT2D eigenvalue weighted by molar-refractivity contribution is 6.35. The van der Waals surface area contributed by atoms with E-state index < -0.39 is 0 Å². The van der Waals surface area contributed by atoms with Gasteiger partial charge in [0.1, 0.15) is 6.61 Å². The molecule has 0 bridgehead atoms. The number of ether oxygens (including phenoxy) is 2. The number of hydrogen-bond acceptors (Lipinski definition) is 4. The molecule has 2 N–H and O–H groups in total. The third kappa shape index (κ3) is 4.81. The van der Waals surface area contributed by atoms with Gasteiger partial charge in [0.25, 0.3) is 5.91 Å². The summed E-state index contributed by atoms with van der Waals surface area (Å²) in [5.74, 6) is 0.855. The normalized spacial score (nSPS) is 11.8. The van der Waals surface area contributed by atoms with Crippen LogP contribution in [0.1, 0.15) is 22.8 Å². The van der Waals surface area contributed by atoms with Crippen molar-refractivity contribution >= 4 is 29.1 Å². The molecule has 1 atom stereocenters. The molecule has 2 aromatic rings. The largest absolute Gasteiger partial charge is 0.493 e. The second kappa shape index (κ2) is 9.12. The second-order valence-corrected chi connectivity index (χ2v) is 6.73. The molecule has 7 heteroatoms. The molecule has 26 heavy (non-hydrogen) atoms. The van der Waals surface area contributed by atoms with Gasteiger partial charge >= 0.3 is 0 Å². The summed E-state index contributed by atoms with van der Waals surface area (Å²) in [6.45, 7) is 2.54. The van der Waals surface area contributed by atoms with Crippen LogP contribution in [0.5, 0.6) is 11.5 Å². The van der Waals surface area contributed by atoms with Crippen LogP contribution < -0.4 is 15.2 Å². The molecular formula is C19H22Cl2N2O3. The Bertz CT molecular complexity index is 783. The van der Waals surface area contributed by atoms with E-state index in [1.54, 1.807) is 48.3 Å². The first-order valence-electron chi connectivity index (χ1n) is 8.09. The zero-order valence-corrected chi connectivity index (χ0v) is 16.5. The Morgan fingerprint density at radius 2 is 1.92 bits per heavy atom. The molecule has 0 aliphatic carbocycles. The number of carbonyl (C=O) groups is 1. The van der Waals surface area contributed by atoms with Crippen LogP contribution in [0.3, 0.4) is 0 Å². The van der Waals surface area contributed by atoms with Gasteiger partial charge in [0.15, 0.2) is 11.5 Å². The molecule has 0 radical (unpaired) electrons. The molecular weight excluding hydrogens is 375 g/mol. The summed E-state index contributed by atoms with van der Waals surface area (Å²) < 4.78 is 11.2. The van der Waals surface area contributed by atoms with E-state index in [0.29, 0.717) is 33.7 Å². The van der Waals surface area contributed by atoms with E-state index in [1.807, 2.05) is 6.92 Å². The highest BCUT2D eigenvalue weighted by atomic mass is 35.5. The van der Waals surface area contributed by atoms with Gasteiger partial charge < -0.3 is 20.1 Å². The number of nitrogens with zero attached hydrogens (tertiary/aromatic N) is 1. The molecule has 1 unspecified atom stereocenters. The van der Waals surface area contributed by atoms with E-state index in [4.69, 9.17) is 38.4 Å². The summed E-state index contributed by atoms with van der Waals surface area (Å²) in [6.07, 6.45) is 0. The molecule has 0 saturated carbocycles. The number of benzene rings is 2. The number of carbonyl (C=O) groups excluding carboxylic acids is 1. The predicted molar refractivity (Wildman–Crippen MR) is 104 cm³/mol. The van der Waals surface area contributed by atoms with Crippen LogP contribution in [-0.2, 0) is 6.61 Å². The van der Waals surface area contributed by atoms with Crippen molar-refractivity contribution in [2.24, 2.45) is 5.73 Å². The number of amides is 1. The lowest BCUT2D eigenvalue weighted by molar-refractivity contribution is 0.0748. The summed E-state index contributed by atoms with van der Waals surface area (Å²) in [5.41, 5.74) is 6.93. The van der Waals surface area contributed by atoms with Crippen LogP contribution in [0.2, 0.25) is 10.0 Å². The molecule has 2 aromatic carbocycles. The minimum absolute atomic E-state index is 0.0588. The average molecular weight is 397 g/mol. The summed E-state index contributed by atoms with van der Waals surface area (Å²) in [4.78, 5) is 14.1. The van der Waals surface area contributed by atoms with Crippen molar-refractivity contribution in [2.75, 3.05) is 20.7 Å². The highest BCUT2D eigenvalue weighted by Gasteiger charge is 2.18. The van der Waals surface area contributed by atoms with Gasteiger partial charge in [0, 0.05) is 40.8 Å². The first-order valence-corrected chi connectivity index (χ1v) is 8.85. The third-order valence-corrected chi connectivity index (χ3v) is 4.72. The first-order chi connectivity index (χ1) is 12.4. The lowest BCUT2D eigenvalue weighted by Crippen LogP contribution is -2.39. The SMILES string of the molecule is COc1cc(C(=O)N(C)C(C)CN)ccc1OCc1ccc(Cl)cc1Cl. The summed E-state index contributed by atoms with van der Waals surface area (Å²) >= 11 is 12.1. The molecule has 0 fully saturated rings. The van der Waals surface area contributed by atoms with Gasteiger partial charge in [-0.1, -0.05) is 29.3 Å². The predicted octanol–water partition coefficient (Wildman–Crippen LogP) is 4.00. The quantitative estimate of drug-likeness (QED) is 0.767. The fraction of sp³-hybridized carbons (Fsp3) is 0.316. The molecule has 1 amide bonds. The van der Waals surface area contributed by atoms with E-state index in [9.17, 15) is 4.79 Å². The molecule has 0 saturated heterocycles. The summed E-state index contributed by atoms with van der Waals surface area (Å²) in [6, 6.07) is 10.2. The Kier molecular flexibility index (Phi) is 7.14. The van der Waals surface area contributed by atoms with E-state index in [0.717, 1.165) is 5.56 Å². The van der Waals surface area contributed by atoms with Crippen molar-refractivity contribution in [3.05, 3.63) is 57.6 Å². The smallest absolute Gasteiger partial charge is 0.254 e. The van der Waals surface area contributed by atoms with E-state index in [1.165, 1.54) is 7.11 Å². The third-order valence-electron chi connectivity index (χ3n) is 4.13. The number of halogens is 2. The van der Waals surface area contributed by atoms with Crippen LogP contribution in [0.4, 0.5) is 0 Å². The zero-order chi connectivity index (χ0) is 19.3. The maximum Gasteiger partial charge on any atom is 0.254 e. The van der Waals surface area contributed by atoms with Gasteiger partial charge in [0.05, 0.1) is 7.11 Å². The van der Waals surface area contributed by atoms with Crippen molar-refractivity contribution in [1.29, 1.82) is 0 Å². The Hall–Kier alpha value is -1.95. The van der Waals surface area contributed by atoms with E-state index >= 15 is 0 Å². The second-order valence-electron chi connectivity index (χ2n) is 5.89.